The van der Waals surface area contributed by atoms with Crippen LogP contribution in [0.15, 0.2) is 11.5 Å². The highest BCUT2D eigenvalue weighted by Gasteiger charge is 2.32. The molecule has 0 saturated heterocycles. The Morgan fingerprint density at radius 1 is 1.10 bits per heavy atom. The van der Waals surface area contributed by atoms with E-state index in [-0.39, 0.29) is 5.78 Å². The number of nitrogens with one attached hydrogen (secondary N) is 1. The molecule has 3 heteroatoms. The number of hydrogen-bond acceptors (Lipinski definition) is 3. The van der Waals surface area contributed by atoms with E-state index in [2.05, 4.69) is 52.6 Å². The van der Waals surface area contributed by atoms with E-state index in [0.717, 1.165) is 25.8 Å². The fourth-order valence-electron chi connectivity index (χ4n) is 2.61. The first-order valence-electron chi connectivity index (χ1n) is 8.03. The van der Waals surface area contributed by atoms with Crippen LogP contribution in [0.5, 0.6) is 0 Å². The summed E-state index contributed by atoms with van der Waals surface area (Å²) in [6.45, 7) is 11.9. The molecule has 0 bridgehead atoms. The minimum Gasteiger partial charge on any atom is -0.305 e. The number of thiol groups is 1. The minimum absolute atomic E-state index is 0.145. The van der Waals surface area contributed by atoms with Crippen molar-refractivity contribution in [3.8, 4) is 0 Å². The average Bonchev–Trinajstić information content (AvgIpc) is 2.48. The van der Waals surface area contributed by atoms with Crippen LogP contribution in [0.1, 0.15) is 73.1 Å². The van der Waals surface area contributed by atoms with Crippen molar-refractivity contribution in [2.45, 2.75) is 78.7 Å². The van der Waals surface area contributed by atoms with Crippen LogP contribution in [0.2, 0.25) is 0 Å². The molecule has 0 fully saturated rings. The smallest absolute Gasteiger partial charge is 0.176 e. The van der Waals surface area contributed by atoms with Gasteiger partial charge in [0.05, 0.1) is 5.54 Å². The van der Waals surface area contributed by atoms with E-state index in [0.29, 0.717) is 5.41 Å². The summed E-state index contributed by atoms with van der Waals surface area (Å²) < 4.78 is 0. The second-order valence-corrected chi connectivity index (χ2v) is 6.32. The van der Waals surface area contributed by atoms with Crippen molar-refractivity contribution >= 4 is 18.4 Å². The molecule has 0 aromatic rings. The summed E-state index contributed by atoms with van der Waals surface area (Å²) in [4.78, 5) is 12.2. The summed E-state index contributed by atoms with van der Waals surface area (Å²) in [7, 11) is 0. The first kappa shape index (κ1) is 19.7. The largest absolute Gasteiger partial charge is 0.305 e. The summed E-state index contributed by atoms with van der Waals surface area (Å²) in [5.74, 6) is 0.145. The summed E-state index contributed by atoms with van der Waals surface area (Å²) in [6, 6.07) is 0. The monoisotopic (exact) mass is 299 g/mol. The van der Waals surface area contributed by atoms with Crippen molar-refractivity contribution < 1.29 is 4.79 Å². The molecule has 0 aromatic carbocycles. The fraction of sp³-hybridized carbons (Fsp3) is 0.824. The Morgan fingerprint density at radius 2 is 1.65 bits per heavy atom. The summed E-state index contributed by atoms with van der Waals surface area (Å²) >= 11 is 4.01. The van der Waals surface area contributed by atoms with Crippen molar-refractivity contribution in [1.29, 1.82) is 0 Å². The van der Waals surface area contributed by atoms with Gasteiger partial charge in [0.1, 0.15) is 0 Å². The lowest BCUT2D eigenvalue weighted by atomic mass is 9.80. The van der Waals surface area contributed by atoms with Crippen LogP contribution in [0.4, 0.5) is 0 Å². The van der Waals surface area contributed by atoms with Crippen molar-refractivity contribution in [2.75, 3.05) is 6.54 Å². The van der Waals surface area contributed by atoms with Crippen LogP contribution in [-0.2, 0) is 4.79 Å². The Bertz CT molecular complexity index is 304. The zero-order valence-electron chi connectivity index (χ0n) is 14.0. The molecule has 0 aromatic heterocycles. The third kappa shape index (κ3) is 5.61. The number of carbonyl (C=O) groups excluding carboxylic acids is 1. The molecular weight excluding hydrogens is 266 g/mol. The van der Waals surface area contributed by atoms with Crippen LogP contribution < -0.4 is 5.32 Å². The topological polar surface area (TPSA) is 29.1 Å². The second-order valence-electron chi connectivity index (χ2n) is 6.02. The quantitative estimate of drug-likeness (QED) is 0.327. The maximum Gasteiger partial charge on any atom is 0.176 e. The van der Waals surface area contributed by atoms with Crippen molar-refractivity contribution in [2.24, 2.45) is 5.41 Å². The molecule has 0 heterocycles. The summed E-state index contributed by atoms with van der Waals surface area (Å²) in [5, 5.41) is 5.04. The van der Waals surface area contributed by atoms with Crippen LogP contribution >= 0.6 is 12.6 Å². The third-order valence-corrected chi connectivity index (χ3v) is 5.18. The first-order chi connectivity index (χ1) is 9.43. The summed E-state index contributed by atoms with van der Waals surface area (Å²) in [5.41, 5.74) is 0.0336. The van der Waals surface area contributed by atoms with Gasteiger partial charge in [-0.25, -0.2) is 0 Å². The van der Waals surface area contributed by atoms with Gasteiger partial charge in [-0.15, -0.1) is 0 Å². The lowest BCUT2D eigenvalue weighted by Crippen LogP contribution is -2.51. The SMILES string of the molecule is CCC(C)(CC)CCCNC(CC)(CC)C(=O)/C=C/S. The molecule has 1 N–H and O–H groups in total. The molecule has 0 spiro atoms. The normalized spacial score (nSPS) is 13.1. The highest BCUT2D eigenvalue weighted by Crippen LogP contribution is 2.30. The van der Waals surface area contributed by atoms with Gasteiger partial charge >= 0.3 is 0 Å². The minimum atomic E-state index is -0.409. The molecule has 0 rings (SSSR count). The van der Waals surface area contributed by atoms with Gasteiger partial charge in [0.2, 0.25) is 0 Å². The van der Waals surface area contributed by atoms with Gasteiger partial charge in [-0.1, -0.05) is 47.5 Å². The zero-order valence-corrected chi connectivity index (χ0v) is 14.9. The molecule has 0 aliphatic rings. The van der Waals surface area contributed by atoms with E-state index in [1.54, 1.807) is 6.08 Å². The second kappa shape index (κ2) is 9.62. The van der Waals surface area contributed by atoms with Crippen molar-refractivity contribution in [3.63, 3.8) is 0 Å². The van der Waals surface area contributed by atoms with Gasteiger partial charge in [-0.2, -0.15) is 12.6 Å². The van der Waals surface area contributed by atoms with E-state index >= 15 is 0 Å². The van der Waals surface area contributed by atoms with Gasteiger partial charge in [-0.05, 0) is 49.1 Å². The number of rotatable bonds is 11. The Kier molecular flexibility index (Phi) is 9.48. The predicted octanol–water partition coefficient (Wildman–Crippen LogP) is 4.75. The molecule has 20 heavy (non-hydrogen) atoms. The van der Waals surface area contributed by atoms with E-state index in [4.69, 9.17) is 0 Å². The number of hydrogen-bond donors (Lipinski definition) is 2. The Balaban J connectivity index is 4.47. The lowest BCUT2D eigenvalue weighted by molar-refractivity contribution is -0.121. The molecule has 0 saturated carbocycles. The lowest BCUT2D eigenvalue weighted by Gasteiger charge is -2.32. The van der Waals surface area contributed by atoms with E-state index in [1.807, 2.05) is 0 Å². The first-order valence-corrected chi connectivity index (χ1v) is 8.55. The van der Waals surface area contributed by atoms with Crippen LogP contribution in [-0.4, -0.2) is 17.9 Å². The number of carbonyl (C=O) groups is 1. The molecule has 0 aliphatic heterocycles. The van der Waals surface area contributed by atoms with Gasteiger partial charge in [0, 0.05) is 0 Å². The summed E-state index contributed by atoms with van der Waals surface area (Å²) in [6.07, 6.45) is 7.99. The Labute approximate surface area is 131 Å². The third-order valence-electron chi connectivity index (χ3n) is 5.03. The molecule has 0 atom stereocenters. The molecule has 118 valence electrons. The predicted molar refractivity (Wildman–Crippen MR) is 92.4 cm³/mol. The van der Waals surface area contributed by atoms with E-state index in [9.17, 15) is 4.79 Å². The van der Waals surface area contributed by atoms with Crippen LogP contribution in [0, 0.1) is 5.41 Å². The number of ketones is 1. The maximum absolute atomic E-state index is 12.2. The highest BCUT2D eigenvalue weighted by molar-refractivity contribution is 7.83. The van der Waals surface area contributed by atoms with Crippen LogP contribution in [0.25, 0.3) is 0 Å². The molecule has 2 nitrogen and oxygen atoms in total. The van der Waals surface area contributed by atoms with Gasteiger partial charge < -0.3 is 5.32 Å². The van der Waals surface area contributed by atoms with Crippen LogP contribution in [0.3, 0.4) is 0 Å². The molecular formula is C17H33NOS. The zero-order chi connectivity index (χ0) is 15.6. The van der Waals surface area contributed by atoms with Gasteiger partial charge in [-0.3, -0.25) is 4.79 Å². The fourth-order valence-corrected chi connectivity index (χ4v) is 2.74. The van der Waals surface area contributed by atoms with E-state index < -0.39 is 5.54 Å². The standard InChI is InChI=1S/C17H33NOS/c1-6-16(5,7-2)12-10-13-18-17(8-3,9-4)15(19)11-14-20/h11,14,18,20H,6-10,12-13H2,1-5H3/b14-11+. The molecule has 0 amide bonds. The molecule has 0 aliphatic carbocycles. The molecule has 0 radical (unpaired) electrons. The van der Waals surface area contributed by atoms with E-state index in [1.165, 1.54) is 24.7 Å². The Morgan fingerprint density at radius 3 is 2.05 bits per heavy atom. The molecule has 0 unspecified atom stereocenters. The van der Waals surface area contributed by atoms with Crippen molar-refractivity contribution in [1.82, 2.24) is 5.32 Å². The average molecular weight is 300 g/mol. The highest BCUT2D eigenvalue weighted by atomic mass is 32.1. The maximum atomic E-state index is 12.2. The van der Waals surface area contributed by atoms with Gasteiger partial charge in [0.25, 0.3) is 0 Å². The Hall–Kier alpha value is -0.280. The van der Waals surface area contributed by atoms with Gasteiger partial charge in [0.15, 0.2) is 5.78 Å². The van der Waals surface area contributed by atoms with Crippen molar-refractivity contribution in [3.05, 3.63) is 11.5 Å².